The predicted molar refractivity (Wildman–Crippen MR) is 95.4 cm³/mol. The first-order valence-electron chi connectivity index (χ1n) is 8.96. The fourth-order valence-electron chi connectivity index (χ4n) is 3.54. The Balaban J connectivity index is 1.96. The lowest BCUT2D eigenvalue weighted by atomic mass is 9.81. The van der Waals surface area contributed by atoms with Crippen LogP contribution < -0.4 is 5.32 Å². The Morgan fingerprint density at radius 2 is 1.70 bits per heavy atom. The van der Waals surface area contributed by atoms with E-state index in [0.717, 1.165) is 23.8 Å². The zero-order valence-corrected chi connectivity index (χ0v) is 15.3. The number of halogens is 3. The molecule has 1 N–H and O–H groups in total. The second-order valence-corrected chi connectivity index (χ2v) is 7.20. The van der Waals surface area contributed by atoms with Crippen LogP contribution in [-0.2, 0) is 9.53 Å². The summed E-state index contributed by atoms with van der Waals surface area (Å²) in [6.45, 7) is 3.61. The Morgan fingerprint density at radius 1 is 1.07 bits per heavy atom. The third-order valence-electron chi connectivity index (χ3n) is 4.91. The SMILES string of the molecule is CCC(=O)N[C@]1(C)C[C@@H](c2ccc(F)cc2)O[C@@H](c2cc(F)ccc2F)C1. The van der Waals surface area contributed by atoms with Crippen LogP contribution in [0.5, 0.6) is 0 Å². The molecule has 0 aliphatic carbocycles. The molecule has 1 saturated heterocycles. The molecule has 1 fully saturated rings. The summed E-state index contributed by atoms with van der Waals surface area (Å²) in [5.41, 5.74) is 0.155. The maximum Gasteiger partial charge on any atom is 0.220 e. The van der Waals surface area contributed by atoms with E-state index in [1.165, 1.54) is 12.1 Å². The maximum atomic E-state index is 14.3. The van der Waals surface area contributed by atoms with Gasteiger partial charge in [0.05, 0.1) is 12.2 Å². The highest BCUT2D eigenvalue weighted by Gasteiger charge is 2.41. The first-order valence-corrected chi connectivity index (χ1v) is 8.96. The van der Waals surface area contributed by atoms with Gasteiger partial charge >= 0.3 is 0 Å². The summed E-state index contributed by atoms with van der Waals surface area (Å²) in [6.07, 6.45) is -0.175. The molecule has 0 unspecified atom stereocenters. The number of carbonyl (C=O) groups excluding carboxylic acids is 1. The lowest BCUT2D eigenvalue weighted by molar-refractivity contribution is -0.128. The highest BCUT2D eigenvalue weighted by molar-refractivity contribution is 5.76. The summed E-state index contributed by atoms with van der Waals surface area (Å²) in [7, 11) is 0. The van der Waals surface area contributed by atoms with Gasteiger partial charge in [0.15, 0.2) is 0 Å². The van der Waals surface area contributed by atoms with Crippen LogP contribution in [-0.4, -0.2) is 11.4 Å². The lowest BCUT2D eigenvalue weighted by Crippen LogP contribution is -2.50. The molecule has 2 aromatic carbocycles. The van der Waals surface area contributed by atoms with Gasteiger partial charge in [-0.25, -0.2) is 13.2 Å². The molecule has 0 spiro atoms. The van der Waals surface area contributed by atoms with Crippen LogP contribution in [0.4, 0.5) is 13.2 Å². The molecule has 1 amide bonds. The molecule has 1 aliphatic rings. The molecule has 0 saturated carbocycles. The number of amides is 1. The van der Waals surface area contributed by atoms with Crippen LogP contribution in [0.1, 0.15) is 56.4 Å². The second-order valence-electron chi connectivity index (χ2n) is 7.20. The monoisotopic (exact) mass is 377 g/mol. The van der Waals surface area contributed by atoms with Gasteiger partial charge in [0.1, 0.15) is 17.5 Å². The van der Waals surface area contributed by atoms with E-state index in [1.807, 2.05) is 6.92 Å². The minimum atomic E-state index is -0.744. The molecule has 1 heterocycles. The number of hydrogen-bond donors (Lipinski definition) is 1. The Morgan fingerprint density at radius 3 is 2.37 bits per heavy atom. The van der Waals surface area contributed by atoms with Gasteiger partial charge in [-0.05, 0) is 42.8 Å². The molecular weight excluding hydrogens is 355 g/mol. The predicted octanol–water partition coefficient (Wildman–Crippen LogP) is 4.98. The quantitative estimate of drug-likeness (QED) is 0.816. The average Bonchev–Trinajstić information content (AvgIpc) is 2.63. The molecule has 3 rings (SSSR count). The number of hydrogen-bond acceptors (Lipinski definition) is 2. The zero-order chi connectivity index (χ0) is 19.6. The molecule has 0 bridgehead atoms. The van der Waals surface area contributed by atoms with Crippen molar-refractivity contribution in [2.75, 3.05) is 0 Å². The molecule has 2 aromatic rings. The van der Waals surface area contributed by atoms with Gasteiger partial charge in [-0.2, -0.15) is 0 Å². The van der Waals surface area contributed by atoms with Crippen LogP contribution >= 0.6 is 0 Å². The molecule has 3 nitrogen and oxygen atoms in total. The lowest BCUT2D eigenvalue weighted by Gasteiger charge is -2.43. The summed E-state index contributed by atoms with van der Waals surface area (Å²) in [5, 5.41) is 2.98. The van der Waals surface area contributed by atoms with Crippen LogP contribution in [0.15, 0.2) is 42.5 Å². The Labute approximate surface area is 156 Å². The molecule has 0 aromatic heterocycles. The van der Waals surface area contributed by atoms with E-state index in [-0.39, 0.29) is 17.3 Å². The molecule has 27 heavy (non-hydrogen) atoms. The number of rotatable bonds is 4. The van der Waals surface area contributed by atoms with Gasteiger partial charge in [-0.3, -0.25) is 4.79 Å². The van der Waals surface area contributed by atoms with Crippen LogP contribution in [0.2, 0.25) is 0 Å². The average molecular weight is 377 g/mol. The van der Waals surface area contributed by atoms with Gasteiger partial charge < -0.3 is 10.1 Å². The van der Waals surface area contributed by atoms with E-state index < -0.39 is 29.4 Å². The standard InChI is InChI=1S/C21H22F3NO2/c1-3-20(26)25-21(2)11-18(13-4-6-14(22)7-5-13)27-19(12-21)16-10-15(23)8-9-17(16)24/h4-10,18-19H,3,11-12H2,1-2H3,(H,25,26)/t18-,19+,21+/m0/s1. The molecule has 1 aliphatic heterocycles. The van der Waals surface area contributed by atoms with Crippen LogP contribution in [0.3, 0.4) is 0 Å². The zero-order valence-electron chi connectivity index (χ0n) is 15.3. The number of ether oxygens (including phenoxy) is 1. The van der Waals surface area contributed by atoms with Gasteiger partial charge in [0.2, 0.25) is 5.91 Å². The molecule has 3 atom stereocenters. The molecular formula is C21H22F3NO2. The van der Waals surface area contributed by atoms with Gasteiger partial charge in [0, 0.05) is 30.4 Å². The van der Waals surface area contributed by atoms with Gasteiger partial charge in [-0.15, -0.1) is 0 Å². The molecule has 6 heteroatoms. The maximum absolute atomic E-state index is 14.3. The van der Waals surface area contributed by atoms with Crippen molar-refractivity contribution < 1.29 is 22.7 Å². The smallest absolute Gasteiger partial charge is 0.220 e. The van der Waals surface area contributed by atoms with Crippen molar-refractivity contribution in [3.05, 3.63) is 71.0 Å². The molecule has 0 radical (unpaired) electrons. The van der Waals surface area contributed by atoms with Crippen molar-refractivity contribution in [2.24, 2.45) is 0 Å². The minimum absolute atomic E-state index is 0.110. The fourth-order valence-corrected chi connectivity index (χ4v) is 3.54. The van der Waals surface area contributed by atoms with Crippen molar-refractivity contribution >= 4 is 5.91 Å². The van der Waals surface area contributed by atoms with Crippen molar-refractivity contribution in [1.29, 1.82) is 0 Å². The first kappa shape index (κ1) is 19.4. The van der Waals surface area contributed by atoms with E-state index in [4.69, 9.17) is 4.74 Å². The van der Waals surface area contributed by atoms with Crippen LogP contribution in [0.25, 0.3) is 0 Å². The Bertz CT molecular complexity index is 825. The summed E-state index contributed by atoms with van der Waals surface area (Å²) in [6, 6.07) is 9.10. The van der Waals surface area contributed by atoms with Crippen molar-refractivity contribution in [3.63, 3.8) is 0 Å². The first-order chi connectivity index (χ1) is 12.8. The van der Waals surface area contributed by atoms with Crippen molar-refractivity contribution in [1.82, 2.24) is 5.32 Å². The minimum Gasteiger partial charge on any atom is -0.365 e. The second kappa shape index (κ2) is 7.72. The molecule has 144 valence electrons. The highest BCUT2D eigenvalue weighted by atomic mass is 19.1. The van der Waals surface area contributed by atoms with E-state index in [2.05, 4.69) is 5.32 Å². The topological polar surface area (TPSA) is 38.3 Å². The van der Waals surface area contributed by atoms with Gasteiger partial charge in [0.25, 0.3) is 0 Å². The number of carbonyl (C=O) groups is 1. The summed E-state index contributed by atoms with van der Waals surface area (Å²) >= 11 is 0. The van der Waals surface area contributed by atoms with Crippen molar-refractivity contribution in [2.45, 2.75) is 50.9 Å². The number of benzene rings is 2. The Hall–Kier alpha value is -2.34. The number of nitrogens with one attached hydrogen (secondary N) is 1. The van der Waals surface area contributed by atoms with E-state index >= 15 is 0 Å². The summed E-state index contributed by atoms with van der Waals surface area (Å²) in [5.74, 6) is -1.62. The van der Waals surface area contributed by atoms with E-state index in [1.54, 1.807) is 19.1 Å². The van der Waals surface area contributed by atoms with Gasteiger partial charge in [-0.1, -0.05) is 19.1 Å². The van der Waals surface area contributed by atoms with E-state index in [9.17, 15) is 18.0 Å². The Kier molecular flexibility index (Phi) is 5.56. The van der Waals surface area contributed by atoms with Crippen LogP contribution in [0, 0.1) is 17.5 Å². The highest BCUT2D eigenvalue weighted by Crippen LogP contribution is 2.44. The third kappa shape index (κ3) is 4.50. The van der Waals surface area contributed by atoms with E-state index in [0.29, 0.717) is 19.3 Å². The summed E-state index contributed by atoms with van der Waals surface area (Å²) in [4.78, 5) is 12.0. The largest absolute Gasteiger partial charge is 0.365 e. The fraction of sp³-hybridized carbons (Fsp3) is 0.381. The third-order valence-corrected chi connectivity index (χ3v) is 4.91. The normalized spacial score (nSPS) is 25.2. The van der Waals surface area contributed by atoms with Crippen molar-refractivity contribution in [3.8, 4) is 0 Å². The summed E-state index contributed by atoms with van der Waals surface area (Å²) < 4.78 is 47.4.